The summed E-state index contributed by atoms with van der Waals surface area (Å²) in [5, 5.41) is 0. The summed E-state index contributed by atoms with van der Waals surface area (Å²) in [7, 11) is 1.44. The molecule has 2 atom stereocenters. The van der Waals surface area contributed by atoms with Gasteiger partial charge in [-0.2, -0.15) is 0 Å². The Morgan fingerprint density at radius 2 is 1.69 bits per heavy atom. The van der Waals surface area contributed by atoms with Crippen molar-refractivity contribution in [3.63, 3.8) is 0 Å². The van der Waals surface area contributed by atoms with E-state index in [4.69, 9.17) is 9.47 Å². The molecule has 1 fully saturated rings. The van der Waals surface area contributed by atoms with Gasteiger partial charge in [0.15, 0.2) is 0 Å². The van der Waals surface area contributed by atoms with Gasteiger partial charge in [0.1, 0.15) is 16.9 Å². The fourth-order valence-corrected chi connectivity index (χ4v) is 4.44. The van der Waals surface area contributed by atoms with Crippen LogP contribution in [0.15, 0.2) is 64.1 Å². The quantitative estimate of drug-likeness (QED) is 0.480. The number of ether oxygens (including phenoxy) is 2. The SMILES string of the molecule is COC(=O)C1(c2cccc(Oc3ccccc3)c2)C(C=C(Br)Br)C1(C)C. The summed E-state index contributed by atoms with van der Waals surface area (Å²) < 4.78 is 12.0. The van der Waals surface area contributed by atoms with Crippen molar-refractivity contribution in [2.75, 3.05) is 7.11 Å². The molecule has 136 valence electrons. The predicted octanol–water partition coefficient (Wildman–Crippen LogP) is 6.18. The van der Waals surface area contributed by atoms with Gasteiger partial charge in [0.2, 0.25) is 0 Å². The van der Waals surface area contributed by atoms with Crippen LogP contribution in [0, 0.1) is 11.3 Å². The lowest BCUT2D eigenvalue weighted by Crippen LogP contribution is -2.28. The highest BCUT2D eigenvalue weighted by molar-refractivity contribution is 9.28. The molecule has 1 aliphatic rings. The van der Waals surface area contributed by atoms with Gasteiger partial charge in [0.25, 0.3) is 0 Å². The predicted molar refractivity (Wildman–Crippen MR) is 110 cm³/mol. The smallest absolute Gasteiger partial charge is 0.317 e. The number of allylic oxidation sites excluding steroid dienone is 1. The first-order chi connectivity index (χ1) is 12.3. The number of para-hydroxylation sites is 1. The van der Waals surface area contributed by atoms with Crippen molar-refractivity contribution in [3.8, 4) is 11.5 Å². The minimum absolute atomic E-state index is 0.00294. The Morgan fingerprint density at radius 3 is 2.31 bits per heavy atom. The van der Waals surface area contributed by atoms with E-state index < -0.39 is 5.41 Å². The molecule has 0 heterocycles. The molecule has 0 radical (unpaired) electrons. The Morgan fingerprint density at radius 1 is 1.04 bits per heavy atom. The summed E-state index contributed by atoms with van der Waals surface area (Å²) in [6.45, 7) is 4.16. The van der Waals surface area contributed by atoms with Gasteiger partial charge in [-0.25, -0.2) is 0 Å². The van der Waals surface area contributed by atoms with E-state index in [1.54, 1.807) is 0 Å². The number of benzene rings is 2. The Kier molecular flexibility index (Phi) is 5.31. The summed E-state index contributed by atoms with van der Waals surface area (Å²) in [6, 6.07) is 17.3. The minimum atomic E-state index is -0.745. The van der Waals surface area contributed by atoms with Crippen LogP contribution >= 0.6 is 31.9 Å². The first-order valence-corrected chi connectivity index (χ1v) is 9.87. The van der Waals surface area contributed by atoms with Gasteiger partial charge in [-0.1, -0.05) is 50.3 Å². The Balaban J connectivity index is 2.03. The van der Waals surface area contributed by atoms with Crippen LogP contribution < -0.4 is 4.74 Å². The van der Waals surface area contributed by atoms with E-state index in [2.05, 4.69) is 45.7 Å². The monoisotopic (exact) mass is 478 g/mol. The molecule has 0 N–H and O–H groups in total. The van der Waals surface area contributed by atoms with Crippen molar-refractivity contribution in [2.24, 2.45) is 11.3 Å². The second kappa shape index (κ2) is 7.20. The fourth-order valence-electron chi connectivity index (χ4n) is 3.91. The molecule has 0 amide bonds. The fraction of sp³-hybridized carbons (Fsp3) is 0.286. The van der Waals surface area contributed by atoms with Crippen LogP contribution in [0.4, 0.5) is 0 Å². The number of carbonyl (C=O) groups is 1. The lowest BCUT2D eigenvalue weighted by molar-refractivity contribution is -0.144. The maximum Gasteiger partial charge on any atom is 0.317 e. The molecule has 26 heavy (non-hydrogen) atoms. The molecule has 2 aromatic carbocycles. The molecule has 1 saturated carbocycles. The molecule has 0 aliphatic heterocycles. The number of carbonyl (C=O) groups excluding carboxylic acids is 1. The molecule has 0 spiro atoms. The van der Waals surface area contributed by atoms with Crippen molar-refractivity contribution in [1.29, 1.82) is 0 Å². The first kappa shape index (κ1) is 19.2. The van der Waals surface area contributed by atoms with E-state index in [0.717, 1.165) is 14.7 Å². The molecule has 2 unspecified atom stereocenters. The number of hydrogen-bond donors (Lipinski definition) is 0. The average molecular weight is 480 g/mol. The molecule has 3 nitrogen and oxygen atoms in total. The van der Waals surface area contributed by atoms with Crippen LogP contribution in [0.5, 0.6) is 11.5 Å². The van der Waals surface area contributed by atoms with Gasteiger partial charge in [0.05, 0.1) is 10.5 Å². The first-order valence-electron chi connectivity index (χ1n) is 8.28. The summed E-state index contributed by atoms with van der Waals surface area (Å²) >= 11 is 6.84. The highest BCUT2D eigenvalue weighted by Gasteiger charge is 2.76. The largest absolute Gasteiger partial charge is 0.468 e. The molecular formula is C21H20Br2O3. The van der Waals surface area contributed by atoms with E-state index in [9.17, 15) is 4.79 Å². The topological polar surface area (TPSA) is 35.5 Å². The van der Waals surface area contributed by atoms with Crippen molar-refractivity contribution in [2.45, 2.75) is 19.3 Å². The molecule has 3 rings (SSSR count). The molecule has 2 aromatic rings. The highest BCUT2D eigenvalue weighted by Crippen LogP contribution is 2.71. The Labute approximate surface area is 170 Å². The van der Waals surface area contributed by atoms with Gasteiger partial charge >= 0.3 is 5.97 Å². The van der Waals surface area contributed by atoms with Gasteiger partial charge in [-0.3, -0.25) is 4.79 Å². The zero-order chi connectivity index (χ0) is 18.9. The van der Waals surface area contributed by atoms with Crippen molar-refractivity contribution in [3.05, 3.63) is 69.6 Å². The third-order valence-electron chi connectivity index (χ3n) is 5.25. The van der Waals surface area contributed by atoms with Gasteiger partial charge in [0, 0.05) is 5.92 Å². The number of esters is 1. The summed E-state index contributed by atoms with van der Waals surface area (Å²) in [6.07, 6.45) is 2.02. The van der Waals surface area contributed by atoms with Crippen LogP contribution in [0.1, 0.15) is 19.4 Å². The van der Waals surface area contributed by atoms with E-state index in [0.29, 0.717) is 5.75 Å². The van der Waals surface area contributed by atoms with Crippen molar-refractivity contribution < 1.29 is 14.3 Å². The van der Waals surface area contributed by atoms with Crippen LogP contribution in [-0.2, 0) is 14.9 Å². The second-order valence-electron chi connectivity index (χ2n) is 6.90. The lowest BCUT2D eigenvalue weighted by Gasteiger charge is -2.19. The molecule has 0 aromatic heterocycles. The Hall–Kier alpha value is -1.59. The van der Waals surface area contributed by atoms with Gasteiger partial charge in [-0.15, -0.1) is 0 Å². The second-order valence-corrected chi connectivity index (χ2v) is 9.67. The van der Waals surface area contributed by atoms with E-state index in [-0.39, 0.29) is 17.3 Å². The third-order valence-corrected chi connectivity index (χ3v) is 5.77. The molecule has 5 heteroatoms. The van der Waals surface area contributed by atoms with Crippen LogP contribution in [-0.4, -0.2) is 13.1 Å². The minimum Gasteiger partial charge on any atom is -0.468 e. The third kappa shape index (κ3) is 3.12. The maximum atomic E-state index is 12.9. The van der Waals surface area contributed by atoms with E-state index >= 15 is 0 Å². The number of methoxy groups -OCH3 is 1. The van der Waals surface area contributed by atoms with Crippen LogP contribution in [0.3, 0.4) is 0 Å². The normalized spacial score (nSPS) is 23.0. The number of halogens is 2. The van der Waals surface area contributed by atoms with Crippen LogP contribution in [0.2, 0.25) is 0 Å². The number of hydrogen-bond acceptors (Lipinski definition) is 3. The molecule has 0 saturated heterocycles. The molecule has 1 aliphatic carbocycles. The lowest BCUT2D eigenvalue weighted by atomic mass is 9.87. The van der Waals surface area contributed by atoms with Gasteiger partial charge in [-0.05, 0) is 67.1 Å². The van der Waals surface area contributed by atoms with Gasteiger partial charge < -0.3 is 9.47 Å². The summed E-state index contributed by atoms with van der Waals surface area (Å²) in [5.41, 5.74) is -0.131. The highest BCUT2D eigenvalue weighted by atomic mass is 79.9. The Bertz CT molecular complexity index is 841. The summed E-state index contributed by atoms with van der Waals surface area (Å²) in [4.78, 5) is 12.9. The van der Waals surface area contributed by atoms with E-state index in [1.165, 1.54) is 7.11 Å². The standard InChI is InChI=1S/C21H20Br2O3/c1-20(2)17(13-18(22)23)21(20,19(24)25-3)14-8-7-11-16(12-14)26-15-9-5-4-6-10-15/h4-13,17H,1-3H3. The van der Waals surface area contributed by atoms with Crippen molar-refractivity contribution in [1.82, 2.24) is 0 Å². The average Bonchev–Trinajstić information content (AvgIpc) is 3.10. The zero-order valence-corrected chi connectivity index (χ0v) is 18.0. The summed E-state index contributed by atoms with van der Waals surface area (Å²) in [5.74, 6) is 1.22. The maximum absolute atomic E-state index is 12.9. The van der Waals surface area contributed by atoms with Crippen molar-refractivity contribution >= 4 is 37.8 Å². The zero-order valence-electron chi connectivity index (χ0n) is 14.8. The van der Waals surface area contributed by atoms with E-state index in [1.807, 2.05) is 60.7 Å². The van der Waals surface area contributed by atoms with Crippen LogP contribution in [0.25, 0.3) is 0 Å². The molecule has 0 bridgehead atoms. The number of rotatable bonds is 5. The molecular weight excluding hydrogens is 460 g/mol.